The first kappa shape index (κ1) is 26.6. The Bertz CT molecular complexity index is 387. The Balaban J connectivity index is 1.76. The molecule has 29 heavy (non-hydrogen) atoms. The molecule has 4 atom stereocenters. The Morgan fingerprint density at radius 1 is 0.862 bits per heavy atom. The molecule has 0 aromatic heterocycles. The molecule has 0 aromatic rings. The van der Waals surface area contributed by atoms with Crippen LogP contribution in [0.2, 0.25) is 0 Å². The molecule has 3 N–H and O–H groups in total. The van der Waals surface area contributed by atoms with Crippen LogP contribution in [-0.2, 0) is 9.47 Å². The van der Waals surface area contributed by atoms with Crippen molar-refractivity contribution >= 4 is 0 Å². The average Bonchev–Trinajstić information content (AvgIpc) is 3.05. The van der Waals surface area contributed by atoms with Gasteiger partial charge in [0.15, 0.2) is 0 Å². The first-order valence-corrected chi connectivity index (χ1v) is 12.0. The monoisotopic (exact) mass is 414 g/mol. The van der Waals surface area contributed by atoms with E-state index >= 15 is 0 Å². The molecule has 0 aromatic carbocycles. The molecule has 0 saturated carbocycles. The van der Waals surface area contributed by atoms with Crippen LogP contribution >= 0.6 is 0 Å². The van der Waals surface area contributed by atoms with Crippen LogP contribution < -0.4 is 0 Å². The van der Waals surface area contributed by atoms with Crippen molar-refractivity contribution in [2.75, 3.05) is 19.8 Å². The largest absolute Gasteiger partial charge is 0.388 e. The summed E-state index contributed by atoms with van der Waals surface area (Å²) >= 11 is 0. The van der Waals surface area contributed by atoms with Crippen LogP contribution in [0.1, 0.15) is 96.8 Å². The van der Waals surface area contributed by atoms with E-state index in [1.54, 1.807) is 0 Å². The zero-order valence-corrected chi connectivity index (χ0v) is 18.6. The van der Waals surface area contributed by atoms with Crippen LogP contribution in [0.25, 0.3) is 0 Å². The molecule has 1 heterocycles. The van der Waals surface area contributed by atoms with Gasteiger partial charge in [0.25, 0.3) is 0 Å². The predicted octanol–water partition coefficient (Wildman–Crippen LogP) is 4.52. The molecule has 1 rings (SSSR count). The van der Waals surface area contributed by atoms with E-state index in [1.807, 2.05) is 0 Å². The standard InChI is InChI=1S/C24H46O5/c1-2-3-4-5-6-7-8-9-10-11-12-13-14-15-16-17-18-28-19-22(26)24-23(27)21(25)20-29-24/h5-6,21-27H,2-4,7-20H2,1H3/b6-5+/t21-,22+,23-,24-/m0/s1. The van der Waals surface area contributed by atoms with Gasteiger partial charge in [-0.2, -0.15) is 0 Å². The Labute approximate surface area is 178 Å². The van der Waals surface area contributed by atoms with E-state index in [9.17, 15) is 15.3 Å². The van der Waals surface area contributed by atoms with Crippen molar-refractivity contribution in [2.45, 2.75) is 121 Å². The van der Waals surface area contributed by atoms with E-state index in [-0.39, 0.29) is 13.2 Å². The van der Waals surface area contributed by atoms with Gasteiger partial charge in [-0.15, -0.1) is 0 Å². The molecule has 172 valence electrons. The van der Waals surface area contributed by atoms with Gasteiger partial charge in [0.05, 0.1) is 13.2 Å². The summed E-state index contributed by atoms with van der Waals surface area (Å²) in [5.74, 6) is 0. The van der Waals surface area contributed by atoms with Crippen molar-refractivity contribution in [1.29, 1.82) is 0 Å². The van der Waals surface area contributed by atoms with E-state index < -0.39 is 24.4 Å². The molecule has 1 aliphatic rings. The number of aliphatic hydroxyl groups is 3. The third-order valence-electron chi connectivity index (χ3n) is 5.66. The second-order valence-electron chi connectivity index (χ2n) is 8.44. The number of allylic oxidation sites excluding steroid dienone is 2. The Morgan fingerprint density at radius 2 is 1.41 bits per heavy atom. The normalized spacial score (nSPS) is 23.2. The second-order valence-corrected chi connectivity index (χ2v) is 8.44. The first-order valence-electron chi connectivity index (χ1n) is 12.0. The molecule has 0 spiro atoms. The number of hydrogen-bond acceptors (Lipinski definition) is 5. The van der Waals surface area contributed by atoms with Gasteiger partial charge in [-0.1, -0.05) is 83.3 Å². The smallest absolute Gasteiger partial charge is 0.114 e. The highest BCUT2D eigenvalue weighted by Crippen LogP contribution is 2.18. The van der Waals surface area contributed by atoms with Crippen LogP contribution in [0, 0.1) is 0 Å². The third-order valence-corrected chi connectivity index (χ3v) is 5.66. The number of unbranched alkanes of at least 4 members (excludes halogenated alkanes) is 12. The summed E-state index contributed by atoms with van der Waals surface area (Å²) in [5.41, 5.74) is 0. The van der Waals surface area contributed by atoms with Crippen molar-refractivity contribution in [2.24, 2.45) is 0 Å². The van der Waals surface area contributed by atoms with Gasteiger partial charge >= 0.3 is 0 Å². The molecule has 5 heteroatoms. The van der Waals surface area contributed by atoms with E-state index in [4.69, 9.17) is 9.47 Å². The predicted molar refractivity (Wildman–Crippen MR) is 118 cm³/mol. The number of ether oxygens (including phenoxy) is 2. The van der Waals surface area contributed by atoms with Gasteiger partial charge in [-0.25, -0.2) is 0 Å². The number of aliphatic hydroxyl groups excluding tert-OH is 3. The minimum absolute atomic E-state index is 0.0688. The summed E-state index contributed by atoms with van der Waals surface area (Å²) in [6, 6.07) is 0. The van der Waals surface area contributed by atoms with Gasteiger partial charge in [-0.3, -0.25) is 0 Å². The van der Waals surface area contributed by atoms with Crippen LogP contribution in [0.15, 0.2) is 12.2 Å². The number of hydrogen-bond donors (Lipinski definition) is 3. The van der Waals surface area contributed by atoms with Crippen molar-refractivity contribution in [3.63, 3.8) is 0 Å². The fraction of sp³-hybridized carbons (Fsp3) is 0.917. The Kier molecular flexibility index (Phi) is 16.8. The van der Waals surface area contributed by atoms with Gasteiger partial charge in [0, 0.05) is 6.61 Å². The highest BCUT2D eigenvalue weighted by Gasteiger charge is 2.39. The van der Waals surface area contributed by atoms with Gasteiger partial charge in [0.1, 0.15) is 24.4 Å². The maximum absolute atomic E-state index is 9.95. The second kappa shape index (κ2) is 18.3. The molecule has 0 aliphatic carbocycles. The maximum Gasteiger partial charge on any atom is 0.114 e. The fourth-order valence-electron chi connectivity index (χ4n) is 3.70. The topological polar surface area (TPSA) is 79.2 Å². The third kappa shape index (κ3) is 13.5. The molecule has 1 aliphatic heterocycles. The summed E-state index contributed by atoms with van der Waals surface area (Å²) in [5, 5.41) is 29.0. The summed E-state index contributed by atoms with van der Waals surface area (Å²) < 4.78 is 10.7. The average molecular weight is 415 g/mol. The van der Waals surface area contributed by atoms with Crippen LogP contribution in [0.4, 0.5) is 0 Å². The lowest BCUT2D eigenvalue weighted by atomic mass is 10.1. The minimum Gasteiger partial charge on any atom is -0.388 e. The minimum atomic E-state index is -1.03. The van der Waals surface area contributed by atoms with Crippen LogP contribution in [0.5, 0.6) is 0 Å². The SMILES string of the molecule is CCCC/C=C/CCCCCCCCCCCCOC[C@@H](O)[C@@H]1OC[C@H](O)[C@@H]1O. The fourth-order valence-corrected chi connectivity index (χ4v) is 3.70. The molecule has 0 bridgehead atoms. The summed E-state index contributed by atoms with van der Waals surface area (Å²) in [6.07, 6.45) is 19.0. The maximum atomic E-state index is 9.95. The van der Waals surface area contributed by atoms with Gasteiger partial charge in [0.2, 0.25) is 0 Å². The zero-order chi connectivity index (χ0) is 21.2. The van der Waals surface area contributed by atoms with Gasteiger partial charge in [-0.05, 0) is 25.7 Å². The van der Waals surface area contributed by atoms with Crippen molar-refractivity contribution in [3.8, 4) is 0 Å². The number of rotatable bonds is 19. The van der Waals surface area contributed by atoms with Crippen molar-refractivity contribution in [1.82, 2.24) is 0 Å². The van der Waals surface area contributed by atoms with E-state index in [1.165, 1.54) is 77.0 Å². The Morgan fingerprint density at radius 3 is 1.97 bits per heavy atom. The highest BCUT2D eigenvalue weighted by atomic mass is 16.5. The summed E-state index contributed by atoms with van der Waals surface area (Å²) in [6.45, 7) is 3.07. The van der Waals surface area contributed by atoms with E-state index in [0.717, 1.165) is 12.8 Å². The quantitative estimate of drug-likeness (QED) is 0.214. The molecule has 0 unspecified atom stereocenters. The van der Waals surface area contributed by atoms with Crippen molar-refractivity contribution < 1.29 is 24.8 Å². The molecule has 5 nitrogen and oxygen atoms in total. The van der Waals surface area contributed by atoms with Crippen molar-refractivity contribution in [3.05, 3.63) is 12.2 Å². The molecular weight excluding hydrogens is 368 g/mol. The van der Waals surface area contributed by atoms with E-state index in [2.05, 4.69) is 19.1 Å². The van der Waals surface area contributed by atoms with Gasteiger partial charge < -0.3 is 24.8 Å². The van der Waals surface area contributed by atoms with E-state index in [0.29, 0.717) is 6.61 Å². The highest BCUT2D eigenvalue weighted by molar-refractivity contribution is 4.87. The lowest BCUT2D eigenvalue weighted by Crippen LogP contribution is -2.40. The van der Waals surface area contributed by atoms with Crippen LogP contribution in [-0.4, -0.2) is 59.6 Å². The lowest BCUT2D eigenvalue weighted by Gasteiger charge is -2.20. The molecule has 1 saturated heterocycles. The van der Waals surface area contributed by atoms with Crippen LogP contribution in [0.3, 0.4) is 0 Å². The Hall–Kier alpha value is -0.460. The molecule has 0 amide bonds. The molecular formula is C24H46O5. The lowest BCUT2D eigenvalue weighted by molar-refractivity contribution is -0.0813. The molecule has 0 radical (unpaired) electrons. The molecule has 1 fully saturated rings. The summed E-state index contributed by atoms with van der Waals surface area (Å²) in [7, 11) is 0. The zero-order valence-electron chi connectivity index (χ0n) is 18.6. The first-order chi connectivity index (χ1) is 14.2. The summed E-state index contributed by atoms with van der Waals surface area (Å²) in [4.78, 5) is 0.